The zero-order valence-corrected chi connectivity index (χ0v) is 10.9. The molecule has 15 heavy (non-hydrogen) atoms. The predicted octanol–water partition coefficient (Wildman–Crippen LogP) is 2.51. The molecule has 1 aromatic rings. The first-order valence-corrected chi connectivity index (χ1v) is 6.15. The van der Waals surface area contributed by atoms with Crippen molar-refractivity contribution in [1.29, 1.82) is 0 Å². The predicted molar refractivity (Wildman–Crippen MR) is 66.3 cm³/mol. The van der Waals surface area contributed by atoms with Crippen LogP contribution in [0.2, 0.25) is 0 Å². The highest BCUT2D eigenvalue weighted by molar-refractivity contribution is 7.10. The highest BCUT2D eigenvalue weighted by Crippen LogP contribution is 2.20. The molecule has 0 aliphatic rings. The Balaban J connectivity index is 2.50. The summed E-state index contributed by atoms with van der Waals surface area (Å²) < 4.78 is 0. The summed E-state index contributed by atoms with van der Waals surface area (Å²) >= 11 is 1.81. The Kier molecular flexibility index (Phi) is 4.32. The number of aliphatic hydroxyl groups is 1. The molecule has 0 aromatic carbocycles. The van der Waals surface area contributed by atoms with Gasteiger partial charge in [0.1, 0.15) is 0 Å². The lowest BCUT2D eigenvalue weighted by Crippen LogP contribution is -2.33. The molecule has 0 saturated carbocycles. The SMILES string of the molecule is Cc1ccsc1CN(C)CC(C)(C)CO. The molecule has 0 amide bonds. The van der Waals surface area contributed by atoms with Crippen LogP contribution >= 0.6 is 11.3 Å². The molecule has 1 rings (SSSR count). The summed E-state index contributed by atoms with van der Waals surface area (Å²) in [5.41, 5.74) is 1.36. The molecule has 3 heteroatoms. The molecule has 86 valence electrons. The fraction of sp³-hybridized carbons (Fsp3) is 0.667. The van der Waals surface area contributed by atoms with Gasteiger partial charge in [-0.1, -0.05) is 13.8 Å². The van der Waals surface area contributed by atoms with E-state index >= 15 is 0 Å². The van der Waals surface area contributed by atoms with Gasteiger partial charge in [-0.15, -0.1) is 11.3 Å². The fourth-order valence-electron chi connectivity index (χ4n) is 1.65. The third-order valence-corrected chi connectivity index (χ3v) is 3.52. The van der Waals surface area contributed by atoms with E-state index in [1.807, 2.05) is 11.3 Å². The van der Waals surface area contributed by atoms with Crippen LogP contribution in [0.4, 0.5) is 0 Å². The third-order valence-electron chi connectivity index (χ3n) is 2.51. The van der Waals surface area contributed by atoms with E-state index in [1.54, 1.807) is 0 Å². The number of nitrogens with zero attached hydrogens (tertiary/aromatic N) is 1. The molecular formula is C12H21NOS. The Morgan fingerprint density at radius 3 is 2.60 bits per heavy atom. The van der Waals surface area contributed by atoms with E-state index in [0.717, 1.165) is 13.1 Å². The fourth-order valence-corrected chi connectivity index (χ4v) is 2.63. The second-order valence-corrected chi connectivity index (χ2v) is 6.02. The Bertz CT molecular complexity index is 306. The zero-order valence-electron chi connectivity index (χ0n) is 10.1. The van der Waals surface area contributed by atoms with Crippen molar-refractivity contribution in [2.75, 3.05) is 20.2 Å². The molecule has 1 heterocycles. The van der Waals surface area contributed by atoms with Gasteiger partial charge >= 0.3 is 0 Å². The molecule has 0 aliphatic carbocycles. The average molecular weight is 227 g/mol. The highest BCUT2D eigenvalue weighted by Gasteiger charge is 2.19. The molecular weight excluding hydrogens is 206 g/mol. The molecule has 0 unspecified atom stereocenters. The first-order valence-electron chi connectivity index (χ1n) is 5.27. The maximum atomic E-state index is 9.20. The van der Waals surface area contributed by atoms with E-state index in [4.69, 9.17) is 0 Å². The third kappa shape index (κ3) is 3.93. The van der Waals surface area contributed by atoms with Gasteiger partial charge in [0.15, 0.2) is 0 Å². The van der Waals surface area contributed by atoms with Crippen molar-refractivity contribution in [1.82, 2.24) is 4.90 Å². The number of thiophene rings is 1. The minimum absolute atomic E-state index is 0.0140. The van der Waals surface area contributed by atoms with Crippen LogP contribution in [0.5, 0.6) is 0 Å². The molecule has 1 N–H and O–H groups in total. The van der Waals surface area contributed by atoms with Crippen molar-refractivity contribution >= 4 is 11.3 Å². The summed E-state index contributed by atoms with van der Waals surface area (Å²) in [4.78, 5) is 3.70. The number of rotatable bonds is 5. The van der Waals surface area contributed by atoms with Gasteiger partial charge in [0.2, 0.25) is 0 Å². The van der Waals surface area contributed by atoms with E-state index < -0.39 is 0 Å². The summed E-state index contributed by atoms with van der Waals surface area (Å²) in [6.07, 6.45) is 0. The largest absolute Gasteiger partial charge is 0.396 e. The van der Waals surface area contributed by atoms with Gasteiger partial charge in [0.05, 0.1) is 0 Å². The average Bonchev–Trinajstić information content (AvgIpc) is 2.51. The monoisotopic (exact) mass is 227 g/mol. The van der Waals surface area contributed by atoms with Crippen LogP contribution in [0, 0.1) is 12.3 Å². The van der Waals surface area contributed by atoms with Gasteiger partial charge in [-0.25, -0.2) is 0 Å². The lowest BCUT2D eigenvalue weighted by Gasteiger charge is -2.28. The first-order chi connectivity index (χ1) is 6.94. The summed E-state index contributed by atoms with van der Waals surface area (Å²) in [5, 5.41) is 11.3. The summed E-state index contributed by atoms with van der Waals surface area (Å²) in [5.74, 6) is 0. The zero-order chi connectivity index (χ0) is 11.5. The van der Waals surface area contributed by atoms with Crippen molar-refractivity contribution in [3.63, 3.8) is 0 Å². The first kappa shape index (κ1) is 12.7. The minimum atomic E-state index is -0.0140. The van der Waals surface area contributed by atoms with Crippen molar-refractivity contribution in [2.24, 2.45) is 5.41 Å². The van der Waals surface area contributed by atoms with Gasteiger partial charge in [-0.2, -0.15) is 0 Å². The smallest absolute Gasteiger partial charge is 0.0494 e. The van der Waals surface area contributed by atoms with E-state index in [9.17, 15) is 5.11 Å². The maximum Gasteiger partial charge on any atom is 0.0494 e. The van der Waals surface area contributed by atoms with Crippen LogP contribution in [0.1, 0.15) is 24.3 Å². The second kappa shape index (κ2) is 5.10. The van der Waals surface area contributed by atoms with Crippen molar-refractivity contribution in [3.8, 4) is 0 Å². The van der Waals surface area contributed by atoms with Crippen molar-refractivity contribution in [3.05, 3.63) is 21.9 Å². The van der Waals surface area contributed by atoms with Crippen LogP contribution < -0.4 is 0 Å². The van der Waals surface area contributed by atoms with Gasteiger partial charge < -0.3 is 10.0 Å². The molecule has 0 atom stereocenters. The van der Waals surface area contributed by atoms with Gasteiger partial charge in [0, 0.05) is 30.0 Å². The standard InChI is InChI=1S/C12H21NOS/c1-10-5-6-15-11(10)7-13(4)8-12(2,3)9-14/h5-6,14H,7-9H2,1-4H3. The topological polar surface area (TPSA) is 23.5 Å². The van der Waals surface area contributed by atoms with Crippen LogP contribution in [0.3, 0.4) is 0 Å². The lowest BCUT2D eigenvalue weighted by atomic mass is 9.94. The lowest BCUT2D eigenvalue weighted by molar-refractivity contribution is 0.113. The van der Waals surface area contributed by atoms with Crippen molar-refractivity contribution in [2.45, 2.75) is 27.3 Å². The number of hydrogen-bond donors (Lipinski definition) is 1. The Morgan fingerprint density at radius 1 is 1.47 bits per heavy atom. The summed E-state index contributed by atoms with van der Waals surface area (Å²) in [6.45, 7) is 8.46. The van der Waals surface area contributed by atoms with E-state index in [-0.39, 0.29) is 12.0 Å². The van der Waals surface area contributed by atoms with Gasteiger partial charge in [-0.3, -0.25) is 0 Å². The molecule has 0 fully saturated rings. The summed E-state index contributed by atoms with van der Waals surface area (Å²) in [7, 11) is 2.11. The van der Waals surface area contributed by atoms with E-state index in [2.05, 4.69) is 44.2 Å². The van der Waals surface area contributed by atoms with Crippen molar-refractivity contribution < 1.29 is 5.11 Å². The Labute approximate surface area is 96.5 Å². The van der Waals surface area contributed by atoms with Gasteiger partial charge in [0.25, 0.3) is 0 Å². The number of aliphatic hydroxyl groups excluding tert-OH is 1. The number of hydrogen-bond acceptors (Lipinski definition) is 3. The Hall–Kier alpha value is -0.380. The molecule has 0 saturated heterocycles. The maximum absolute atomic E-state index is 9.20. The molecule has 0 bridgehead atoms. The van der Waals surface area contributed by atoms with Crippen LogP contribution in [-0.2, 0) is 6.54 Å². The Morgan fingerprint density at radius 2 is 2.13 bits per heavy atom. The molecule has 0 aliphatic heterocycles. The molecule has 1 aromatic heterocycles. The van der Waals surface area contributed by atoms with E-state index in [0.29, 0.717) is 0 Å². The molecule has 0 spiro atoms. The normalized spacial score (nSPS) is 12.4. The molecule has 0 radical (unpaired) electrons. The van der Waals surface area contributed by atoms with E-state index in [1.165, 1.54) is 10.4 Å². The van der Waals surface area contributed by atoms with Crippen LogP contribution in [-0.4, -0.2) is 30.2 Å². The van der Waals surface area contributed by atoms with Gasteiger partial charge in [-0.05, 0) is 31.0 Å². The quantitative estimate of drug-likeness (QED) is 0.835. The second-order valence-electron chi connectivity index (χ2n) is 5.02. The van der Waals surface area contributed by atoms with Crippen LogP contribution in [0.15, 0.2) is 11.4 Å². The summed E-state index contributed by atoms with van der Waals surface area (Å²) in [6, 6.07) is 2.16. The number of aryl methyl sites for hydroxylation is 1. The molecule has 2 nitrogen and oxygen atoms in total. The van der Waals surface area contributed by atoms with Crippen LogP contribution in [0.25, 0.3) is 0 Å². The highest BCUT2D eigenvalue weighted by atomic mass is 32.1. The minimum Gasteiger partial charge on any atom is -0.396 e.